The zero-order valence-electron chi connectivity index (χ0n) is 16.5. The second-order valence-corrected chi connectivity index (χ2v) is 7.55. The third kappa shape index (κ3) is 2.94. The summed E-state index contributed by atoms with van der Waals surface area (Å²) in [5.41, 5.74) is 7.72. The van der Waals surface area contributed by atoms with E-state index in [4.69, 9.17) is 0 Å². The van der Waals surface area contributed by atoms with Crippen LogP contribution in [0.4, 0.5) is 11.4 Å². The van der Waals surface area contributed by atoms with E-state index >= 15 is 0 Å². The lowest BCUT2D eigenvalue weighted by atomic mass is 9.84. The SMILES string of the molecule is CN1c2ccccc2-c2ccc([N+](=O)[O-])cc2C1c1cccc(-c2ccccc2)c1. The molecule has 4 nitrogen and oxygen atoms in total. The number of non-ortho nitro benzene ring substituents is 1. The van der Waals surface area contributed by atoms with Gasteiger partial charge in [-0.25, -0.2) is 0 Å². The highest BCUT2D eigenvalue weighted by Crippen LogP contribution is 2.47. The van der Waals surface area contributed by atoms with Crippen molar-refractivity contribution in [2.24, 2.45) is 0 Å². The molecule has 146 valence electrons. The van der Waals surface area contributed by atoms with Gasteiger partial charge in [0.2, 0.25) is 0 Å². The Morgan fingerprint density at radius 3 is 2.30 bits per heavy atom. The second-order valence-electron chi connectivity index (χ2n) is 7.55. The molecule has 0 N–H and O–H groups in total. The fraction of sp³-hybridized carbons (Fsp3) is 0.0769. The lowest BCUT2D eigenvalue weighted by Gasteiger charge is -2.38. The monoisotopic (exact) mass is 392 g/mol. The van der Waals surface area contributed by atoms with Crippen molar-refractivity contribution < 1.29 is 4.92 Å². The van der Waals surface area contributed by atoms with Gasteiger partial charge in [-0.1, -0.05) is 66.7 Å². The topological polar surface area (TPSA) is 46.4 Å². The van der Waals surface area contributed by atoms with Crippen LogP contribution in [-0.4, -0.2) is 12.0 Å². The number of anilines is 1. The summed E-state index contributed by atoms with van der Waals surface area (Å²) in [4.78, 5) is 13.4. The van der Waals surface area contributed by atoms with E-state index in [0.717, 1.165) is 39.1 Å². The molecule has 1 atom stereocenters. The molecule has 1 unspecified atom stereocenters. The third-order valence-corrected chi connectivity index (χ3v) is 5.81. The molecule has 0 radical (unpaired) electrons. The van der Waals surface area contributed by atoms with Gasteiger partial charge in [0.25, 0.3) is 5.69 Å². The summed E-state index contributed by atoms with van der Waals surface area (Å²) in [7, 11) is 2.06. The fourth-order valence-corrected chi connectivity index (χ4v) is 4.41. The lowest BCUT2D eigenvalue weighted by Crippen LogP contribution is -2.29. The molecule has 1 aliphatic rings. The Morgan fingerprint density at radius 1 is 0.767 bits per heavy atom. The number of rotatable bonds is 3. The average molecular weight is 392 g/mol. The highest BCUT2D eigenvalue weighted by molar-refractivity contribution is 5.86. The van der Waals surface area contributed by atoms with E-state index in [-0.39, 0.29) is 16.7 Å². The van der Waals surface area contributed by atoms with Gasteiger partial charge in [-0.3, -0.25) is 10.1 Å². The van der Waals surface area contributed by atoms with E-state index in [9.17, 15) is 10.1 Å². The van der Waals surface area contributed by atoms with Gasteiger partial charge < -0.3 is 4.90 Å². The van der Waals surface area contributed by atoms with Gasteiger partial charge in [0.05, 0.1) is 11.0 Å². The maximum Gasteiger partial charge on any atom is 0.269 e. The number of fused-ring (bicyclic) bond motifs is 3. The van der Waals surface area contributed by atoms with Crippen LogP contribution in [0, 0.1) is 10.1 Å². The summed E-state index contributed by atoms with van der Waals surface area (Å²) >= 11 is 0. The Bertz CT molecular complexity index is 1250. The summed E-state index contributed by atoms with van der Waals surface area (Å²) in [6.07, 6.45) is 0. The van der Waals surface area contributed by atoms with Gasteiger partial charge in [-0.05, 0) is 46.0 Å². The zero-order valence-corrected chi connectivity index (χ0v) is 16.5. The molecule has 0 saturated heterocycles. The maximum absolute atomic E-state index is 11.5. The predicted octanol–water partition coefficient (Wildman–Crippen LogP) is 6.47. The molecule has 1 heterocycles. The third-order valence-electron chi connectivity index (χ3n) is 5.81. The largest absolute Gasteiger partial charge is 0.363 e. The minimum Gasteiger partial charge on any atom is -0.363 e. The van der Waals surface area contributed by atoms with Crippen LogP contribution < -0.4 is 4.90 Å². The standard InChI is InChI=1S/C26H20N2O2/c1-27-25-13-6-5-12-23(25)22-15-14-21(28(29)30)17-24(22)26(27)20-11-7-10-19(16-20)18-8-3-2-4-9-18/h2-17,26H,1H3. The van der Waals surface area contributed by atoms with E-state index in [0.29, 0.717) is 0 Å². The first-order valence-electron chi connectivity index (χ1n) is 9.89. The molecular weight excluding hydrogens is 372 g/mol. The van der Waals surface area contributed by atoms with Crippen molar-refractivity contribution in [2.45, 2.75) is 6.04 Å². The molecule has 4 aromatic rings. The van der Waals surface area contributed by atoms with Crippen LogP contribution in [0.1, 0.15) is 17.2 Å². The van der Waals surface area contributed by atoms with Gasteiger partial charge >= 0.3 is 0 Å². The van der Waals surface area contributed by atoms with Gasteiger partial charge in [-0.2, -0.15) is 0 Å². The Morgan fingerprint density at radius 2 is 1.50 bits per heavy atom. The van der Waals surface area contributed by atoms with Crippen molar-refractivity contribution >= 4 is 11.4 Å². The number of nitrogens with zero attached hydrogens (tertiary/aromatic N) is 2. The van der Waals surface area contributed by atoms with Crippen LogP contribution in [-0.2, 0) is 0 Å². The van der Waals surface area contributed by atoms with Crippen LogP contribution in [0.25, 0.3) is 22.3 Å². The quantitative estimate of drug-likeness (QED) is 0.297. The molecule has 0 fully saturated rings. The zero-order chi connectivity index (χ0) is 20.7. The van der Waals surface area contributed by atoms with E-state index in [2.05, 4.69) is 60.5 Å². The summed E-state index contributed by atoms with van der Waals surface area (Å²) < 4.78 is 0. The number of hydrogen-bond acceptors (Lipinski definition) is 3. The highest BCUT2D eigenvalue weighted by Gasteiger charge is 2.31. The van der Waals surface area contributed by atoms with Gasteiger partial charge in [0, 0.05) is 30.4 Å². The highest BCUT2D eigenvalue weighted by atomic mass is 16.6. The maximum atomic E-state index is 11.5. The number of benzene rings is 4. The Hall–Kier alpha value is -3.92. The van der Waals surface area contributed by atoms with Gasteiger partial charge in [0.15, 0.2) is 0 Å². The van der Waals surface area contributed by atoms with Crippen molar-refractivity contribution in [3.8, 4) is 22.3 Å². The van der Waals surface area contributed by atoms with Crippen molar-refractivity contribution in [2.75, 3.05) is 11.9 Å². The van der Waals surface area contributed by atoms with Crippen molar-refractivity contribution in [1.29, 1.82) is 0 Å². The van der Waals surface area contributed by atoms with Crippen LogP contribution in [0.5, 0.6) is 0 Å². The molecule has 0 bridgehead atoms. The fourth-order valence-electron chi connectivity index (χ4n) is 4.41. The van der Waals surface area contributed by atoms with Crippen LogP contribution in [0.2, 0.25) is 0 Å². The predicted molar refractivity (Wildman–Crippen MR) is 121 cm³/mol. The van der Waals surface area contributed by atoms with Crippen molar-refractivity contribution in [3.05, 3.63) is 118 Å². The molecule has 0 aromatic heterocycles. The minimum absolute atomic E-state index is 0.113. The van der Waals surface area contributed by atoms with Crippen molar-refractivity contribution in [1.82, 2.24) is 0 Å². The van der Waals surface area contributed by atoms with Crippen LogP contribution in [0.15, 0.2) is 97.1 Å². The first-order valence-corrected chi connectivity index (χ1v) is 9.89. The summed E-state index contributed by atoms with van der Waals surface area (Å²) in [6, 6.07) is 32.0. The molecule has 0 aliphatic carbocycles. The summed E-state index contributed by atoms with van der Waals surface area (Å²) in [5.74, 6) is 0. The summed E-state index contributed by atoms with van der Waals surface area (Å²) in [6.45, 7) is 0. The average Bonchev–Trinajstić information content (AvgIpc) is 2.80. The van der Waals surface area contributed by atoms with Crippen LogP contribution >= 0.6 is 0 Å². The van der Waals surface area contributed by atoms with Crippen LogP contribution in [0.3, 0.4) is 0 Å². The minimum atomic E-state index is -0.321. The molecule has 1 aliphatic heterocycles. The van der Waals surface area contributed by atoms with Crippen molar-refractivity contribution in [3.63, 3.8) is 0 Å². The Kier molecular flexibility index (Phi) is 4.32. The number of nitro benzene ring substituents is 1. The van der Waals surface area contributed by atoms with E-state index in [1.807, 2.05) is 36.4 Å². The molecule has 30 heavy (non-hydrogen) atoms. The van der Waals surface area contributed by atoms with E-state index in [1.54, 1.807) is 12.1 Å². The molecule has 0 spiro atoms. The number of nitro groups is 1. The van der Waals surface area contributed by atoms with Gasteiger partial charge in [-0.15, -0.1) is 0 Å². The number of hydrogen-bond donors (Lipinski definition) is 0. The van der Waals surface area contributed by atoms with Gasteiger partial charge in [0.1, 0.15) is 0 Å². The Balaban J connectivity index is 1.71. The first-order chi connectivity index (χ1) is 14.6. The molecule has 0 amide bonds. The number of para-hydroxylation sites is 1. The molecule has 0 saturated carbocycles. The second kappa shape index (κ2) is 7.16. The van der Waals surface area contributed by atoms with E-state index < -0.39 is 0 Å². The molecule has 4 aromatic carbocycles. The molecule has 5 rings (SSSR count). The Labute approximate surface area is 175 Å². The normalized spacial score (nSPS) is 14.7. The first kappa shape index (κ1) is 18.1. The van der Waals surface area contributed by atoms with E-state index in [1.165, 1.54) is 0 Å². The lowest BCUT2D eigenvalue weighted by molar-refractivity contribution is -0.384. The smallest absolute Gasteiger partial charge is 0.269 e. The molecular formula is C26H20N2O2. The summed E-state index contributed by atoms with van der Waals surface area (Å²) in [5, 5.41) is 11.5. The molecule has 4 heteroatoms.